The number of hydrogen-bond donors (Lipinski definition) is 2. The number of halogens is 2. The molecule has 0 aliphatic heterocycles. The van der Waals surface area contributed by atoms with Crippen molar-refractivity contribution in [1.29, 1.82) is 0 Å². The molecule has 0 bridgehead atoms. The third kappa shape index (κ3) is 4.36. The van der Waals surface area contributed by atoms with E-state index in [1.54, 1.807) is 0 Å². The lowest BCUT2D eigenvalue weighted by atomic mass is 9.91. The molecular formula is C17H22F2N2O3S. The highest BCUT2D eigenvalue weighted by Crippen LogP contribution is 2.49. The summed E-state index contributed by atoms with van der Waals surface area (Å²) in [5.74, 6) is -2.44. The molecule has 8 heteroatoms. The molecule has 4 atom stereocenters. The van der Waals surface area contributed by atoms with Gasteiger partial charge in [0.1, 0.15) is 11.6 Å². The van der Waals surface area contributed by atoms with Crippen molar-refractivity contribution in [1.82, 2.24) is 10.0 Å². The van der Waals surface area contributed by atoms with Crippen LogP contribution in [0, 0.1) is 17.6 Å². The molecule has 138 valence electrons. The van der Waals surface area contributed by atoms with Crippen LogP contribution >= 0.6 is 0 Å². The molecule has 0 spiro atoms. The Kier molecular flexibility index (Phi) is 5.11. The van der Waals surface area contributed by atoms with Crippen molar-refractivity contribution in [3.8, 4) is 0 Å². The molecule has 0 heterocycles. The first kappa shape index (κ1) is 18.3. The molecule has 2 aliphatic carbocycles. The fraction of sp³-hybridized carbons (Fsp3) is 0.588. The van der Waals surface area contributed by atoms with E-state index in [9.17, 15) is 22.0 Å². The number of hydrogen-bond acceptors (Lipinski definition) is 3. The van der Waals surface area contributed by atoms with Crippen LogP contribution in [-0.2, 0) is 14.8 Å². The Hall–Kier alpha value is -1.54. The summed E-state index contributed by atoms with van der Waals surface area (Å²) in [6, 6.07) is 3.06. The minimum Gasteiger partial charge on any atom is -0.352 e. The Bertz CT molecular complexity index is 749. The highest BCUT2D eigenvalue weighted by molar-refractivity contribution is 7.88. The zero-order chi connectivity index (χ0) is 18.2. The number of nitrogens with one attached hydrogen (secondary N) is 2. The second-order valence-electron chi connectivity index (χ2n) is 6.98. The van der Waals surface area contributed by atoms with Crippen molar-refractivity contribution >= 4 is 15.9 Å². The van der Waals surface area contributed by atoms with Gasteiger partial charge in [-0.2, -0.15) is 0 Å². The van der Waals surface area contributed by atoms with Gasteiger partial charge < -0.3 is 5.32 Å². The molecular weight excluding hydrogens is 350 g/mol. The van der Waals surface area contributed by atoms with Crippen molar-refractivity contribution in [2.75, 3.05) is 6.26 Å². The van der Waals surface area contributed by atoms with Gasteiger partial charge in [-0.3, -0.25) is 4.79 Å². The molecule has 5 nitrogen and oxygen atoms in total. The SMILES string of the molecule is CS(=O)(=O)N[C@@H]1CCCC[C@@H]1NC(=O)[C@@H]1C[C@H]1c1c(F)cccc1F. The molecule has 25 heavy (non-hydrogen) atoms. The second-order valence-corrected chi connectivity index (χ2v) is 8.76. The largest absolute Gasteiger partial charge is 0.352 e. The Morgan fingerprint density at radius 2 is 1.72 bits per heavy atom. The summed E-state index contributed by atoms with van der Waals surface area (Å²) in [4.78, 5) is 12.5. The monoisotopic (exact) mass is 372 g/mol. The van der Waals surface area contributed by atoms with E-state index in [-0.39, 0.29) is 23.6 Å². The molecule has 3 rings (SSSR count). The van der Waals surface area contributed by atoms with Gasteiger partial charge in [0.25, 0.3) is 0 Å². The van der Waals surface area contributed by atoms with Crippen LogP contribution in [0.2, 0.25) is 0 Å². The molecule has 2 saturated carbocycles. The Labute approximate surface area is 146 Å². The molecule has 1 aromatic rings. The summed E-state index contributed by atoms with van der Waals surface area (Å²) < 4.78 is 53.2. The van der Waals surface area contributed by atoms with E-state index >= 15 is 0 Å². The lowest BCUT2D eigenvalue weighted by Crippen LogP contribution is -2.53. The number of amides is 1. The third-order valence-corrected chi connectivity index (χ3v) is 5.69. The van der Waals surface area contributed by atoms with E-state index in [1.165, 1.54) is 18.2 Å². The molecule has 1 aromatic carbocycles. The van der Waals surface area contributed by atoms with Crippen LogP contribution in [0.15, 0.2) is 18.2 Å². The third-order valence-electron chi connectivity index (χ3n) is 4.96. The number of rotatable bonds is 5. The van der Waals surface area contributed by atoms with Crippen molar-refractivity contribution < 1.29 is 22.0 Å². The van der Waals surface area contributed by atoms with Crippen molar-refractivity contribution in [3.63, 3.8) is 0 Å². The van der Waals surface area contributed by atoms with Crippen LogP contribution in [0.5, 0.6) is 0 Å². The Morgan fingerprint density at radius 3 is 2.32 bits per heavy atom. The van der Waals surface area contributed by atoms with Crippen LogP contribution < -0.4 is 10.0 Å². The van der Waals surface area contributed by atoms with E-state index < -0.39 is 33.5 Å². The van der Waals surface area contributed by atoms with Crippen molar-refractivity contribution in [3.05, 3.63) is 35.4 Å². The summed E-state index contributed by atoms with van der Waals surface area (Å²) >= 11 is 0. The number of sulfonamides is 1. The van der Waals surface area contributed by atoms with Gasteiger partial charge in [0.15, 0.2) is 0 Å². The average molecular weight is 372 g/mol. The maximum Gasteiger partial charge on any atom is 0.224 e. The predicted octanol–water partition coefficient (Wildman–Crippen LogP) is 2.04. The molecule has 2 fully saturated rings. The number of carbonyl (C=O) groups excluding carboxylic acids is 1. The van der Waals surface area contributed by atoms with Crippen LogP contribution in [0.3, 0.4) is 0 Å². The van der Waals surface area contributed by atoms with Crippen LogP contribution in [0.25, 0.3) is 0 Å². The first-order valence-corrected chi connectivity index (χ1v) is 10.4. The summed E-state index contributed by atoms with van der Waals surface area (Å²) in [6.45, 7) is 0. The van der Waals surface area contributed by atoms with E-state index in [4.69, 9.17) is 0 Å². The minimum atomic E-state index is -3.36. The molecule has 2 aliphatic rings. The van der Waals surface area contributed by atoms with Crippen LogP contribution in [0.1, 0.15) is 43.6 Å². The van der Waals surface area contributed by atoms with Crippen LogP contribution in [-0.4, -0.2) is 32.7 Å². The molecule has 0 radical (unpaired) electrons. The second kappa shape index (κ2) is 6.99. The average Bonchev–Trinajstić information content (AvgIpc) is 3.28. The number of carbonyl (C=O) groups is 1. The van der Waals surface area contributed by atoms with Crippen molar-refractivity contribution in [2.24, 2.45) is 5.92 Å². The predicted molar refractivity (Wildman–Crippen MR) is 89.4 cm³/mol. The van der Waals surface area contributed by atoms with Gasteiger partial charge >= 0.3 is 0 Å². The molecule has 0 unspecified atom stereocenters. The summed E-state index contributed by atoms with van der Waals surface area (Å²) in [6.07, 6.45) is 4.65. The molecule has 1 amide bonds. The Balaban J connectivity index is 1.64. The lowest BCUT2D eigenvalue weighted by molar-refractivity contribution is -0.123. The fourth-order valence-corrected chi connectivity index (χ4v) is 4.51. The normalized spacial score (nSPS) is 29.2. The standard InChI is InChI=1S/C17H22F2N2O3S/c1-25(23,24)21-15-8-3-2-7-14(15)20-17(22)11-9-10(11)16-12(18)5-4-6-13(16)19/h4-6,10-11,14-15,21H,2-3,7-9H2,1H3,(H,20,22)/t10-,11-,14+,15-/m1/s1. The van der Waals surface area contributed by atoms with E-state index in [1.807, 2.05) is 0 Å². The van der Waals surface area contributed by atoms with Gasteiger partial charge in [0, 0.05) is 29.5 Å². The first-order chi connectivity index (χ1) is 11.8. The van der Waals surface area contributed by atoms with Gasteiger partial charge in [-0.15, -0.1) is 0 Å². The van der Waals surface area contributed by atoms with Gasteiger partial charge in [-0.05, 0) is 31.4 Å². The van der Waals surface area contributed by atoms with E-state index in [0.29, 0.717) is 19.3 Å². The van der Waals surface area contributed by atoms with Gasteiger partial charge in [0.2, 0.25) is 15.9 Å². The lowest BCUT2D eigenvalue weighted by Gasteiger charge is -2.32. The molecule has 2 N–H and O–H groups in total. The molecule has 0 saturated heterocycles. The minimum absolute atomic E-state index is 0.0305. The van der Waals surface area contributed by atoms with Gasteiger partial charge in [-0.1, -0.05) is 18.9 Å². The van der Waals surface area contributed by atoms with Crippen molar-refractivity contribution in [2.45, 2.75) is 50.1 Å². The molecule has 0 aromatic heterocycles. The quantitative estimate of drug-likeness (QED) is 0.831. The summed E-state index contributed by atoms with van der Waals surface area (Å²) in [7, 11) is -3.36. The smallest absolute Gasteiger partial charge is 0.224 e. The zero-order valence-electron chi connectivity index (χ0n) is 14.0. The van der Waals surface area contributed by atoms with Crippen LogP contribution in [0.4, 0.5) is 8.78 Å². The van der Waals surface area contributed by atoms with Gasteiger partial charge in [0.05, 0.1) is 6.26 Å². The Morgan fingerprint density at radius 1 is 1.12 bits per heavy atom. The summed E-state index contributed by atoms with van der Waals surface area (Å²) in [5, 5.41) is 2.88. The summed E-state index contributed by atoms with van der Waals surface area (Å²) in [5.41, 5.74) is -0.0305. The van der Waals surface area contributed by atoms with E-state index in [2.05, 4.69) is 10.0 Å². The van der Waals surface area contributed by atoms with E-state index in [0.717, 1.165) is 19.1 Å². The van der Waals surface area contributed by atoms with Gasteiger partial charge in [-0.25, -0.2) is 21.9 Å². The highest BCUT2D eigenvalue weighted by atomic mass is 32.2. The fourth-order valence-electron chi connectivity index (χ4n) is 3.68. The zero-order valence-corrected chi connectivity index (χ0v) is 14.8. The maximum atomic E-state index is 13.8. The highest BCUT2D eigenvalue weighted by Gasteiger charge is 2.47. The maximum absolute atomic E-state index is 13.8. The number of benzene rings is 1. The first-order valence-electron chi connectivity index (χ1n) is 8.48. The topological polar surface area (TPSA) is 75.3 Å².